The molecule has 21 heavy (non-hydrogen) atoms. The lowest BCUT2D eigenvalue weighted by atomic mass is 10.3. The number of ether oxygens (including phenoxy) is 2. The van der Waals surface area contributed by atoms with Gasteiger partial charge in [-0.2, -0.15) is 0 Å². The fourth-order valence-electron chi connectivity index (χ4n) is 1.82. The van der Waals surface area contributed by atoms with Gasteiger partial charge in [0.25, 0.3) is 0 Å². The molecule has 0 radical (unpaired) electrons. The second-order valence-electron chi connectivity index (χ2n) is 4.59. The van der Waals surface area contributed by atoms with Crippen LogP contribution >= 0.6 is 23.2 Å². The van der Waals surface area contributed by atoms with Gasteiger partial charge in [0.05, 0.1) is 29.4 Å². The van der Waals surface area contributed by atoms with Crippen LogP contribution in [0.4, 0.5) is 5.69 Å². The minimum absolute atomic E-state index is 0.0200. The highest BCUT2D eigenvalue weighted by Gasteiger charge is 2.07. The molecule has 0 saturated heterocycles. The summed E-state index contributed by atoms with van der Waals surface area (Å²) in [5.74, 6) is 1.60. The summed E-state index contributed by atoms with van der Waals surface area (Å²) in [6.07, 6.45) is -0.0200. The first-order chi connectivity index (χ1) is 10.1. The minimum Gasteiger partial charge on any atom is -0.497 e. The Balaban J connectivity index is 1.89. The third-order valence-corrected chi connectivity index (χ3v) is 3.75. The van der Waals surface area contributed by atoms with Gasteiger partial charge < -0.3 is 14.8 Å². The summed E-state index contributed by atoms with van der Waals surface area (Å²) in [5.41, 5.74) is 0.800. The minimum atomic E-state index is -0.0200. The largest absolute Gasteiger partial charge is 0.497 e. The smallest absolute Gasteiger partial charge is 0.120 e. The third kappa shape index (κ3) is 4.45. The van der Waals surface area contributed by atoms with Gasteiger partial charge >= 0.3 is 0 Å². The molecule has 5 heteroatoms. The monoisotopic (exact) mass is 325 g/mol. The molecule has 0 amide bonds. The van der Waals surface area contributed by atoms with Gasteiger partial charge in [-0.25, -0.2) is 0 Å². The quantitative estimate of drug-likeness (QED) is 0.820. The maximum Gasteiger partial charge on any atom is 0.120 e. The van der Waals surface area contributed by atoms with Gasteiger partial charge in [-0.3, -0.25) is 0 Å². The molecule has 0 aliphatic rings. The first-order valence-corrected chi connectivity index (χ1v) is 7.34. The maximum absolute atomic E-state index is 6.12. The molecule has 2 aromatic carbocycles. The van der Waals surface area contributed by atoms with Crippen molar-refractivity contribution in [1.29, 1.82) is 0 Å². The van der Waals surface area contributed by atoms with E-state index in [-0.39, 0.29) is 6.10 Å². The zero-order chi connectivity index (χ0) is 15.2. The van der Waals surface area contributed by atoms with Crippen LogP contribution in [0.25, 0.3) is 0 Å². The zero-order valence-electron chi connectivity index (χ0n) is 11.9. The van der Waals surface area contributed by atoms with Crippen molar-refractivity contribution in [3.05, 3.63) is 52.5 Å². The van der Waals surface area contributed by atoms with Gasteiger partial charge in [0.2, 0.25) is 0 Å². The van der Waals surface area contributed by atoms with E-state index in [9.17, 15) is 0 Å². The topological polar surface area (TPSA) is 30.5 Å². The molecular weight excluding hydrogens is 309 g/mol. The van der Waals surface area contributed by atoms with Crippen LogP contribution in [0.15, 0.2) is 42.5 Å². The molecule has 0 aliphatic carbocycles. The lowest BCUT2D eigenvalue weighted by Crippen LogP contribution is -2.22. The Morgan fingerprint density at radius 3 is 2.38 bits per heavy atom. The summed E-state index contributed by atoms with van der Waals surface area (Å²) in [5, 5.41) is 4.29. The molecule has 2 aromatic rings. The lowest BCUT2D eigenvalue weighted by molar-refractivity contribution is 0.234. The third-order valence-electron chi connectivity index (χ3n) is 2.93. The van der Waals surface area contributed by atoms with E-state index in [4.69, 9.17) is 32.7 Å². The number of anilines is 1. The van der Waals surface area contributed by atoms with Crippen LogP contribution in [0.2, 0.25) is 10.0 Å². The Bertz CT molecular complexity index is 587. The molecule has 0 aliphatic heterocycles. The van der Waals surface area contributed by atoms with E-state index in [1.54, 1.807) is 13.2 Å². The van der Waals surface area contributed by atoms with Crippen LogP contribution in [0.3, 0.4) is 0 Å². The van der Waals surface area contributed by atoms with Crippen LogP contribution in [0, 0.1) is 0 Å². The molecule has 1 atom stereocenters. The van der Waals surface area contributed by atoms with E-state index in [1.807, 2.05) is 43.3 Å². The first kappa shape index (κ1) is 15.8. The predicted octanol–water partition coefficient (Wildman–Crippen LogP) is 4.88. The van der Waals surface area contributed by atoms with Crippen LogP contribution in [-0.2, 0) is 0 Å². The molecule has 0 heterocycles. The van der Waals surface area contributed by atoms with E-state index in [0.29, 0.717) is 16.6 Å². The highest BCUT2D eigenvalue weighted by Crippen LogP contribution is 2.29. The van der Waals surface area contributed by atoms with E-state index in [2.05, 4.69) is 5.32 Å². The summed E-state index contributed by atoms with van der Waals surface area (Å²) in [4.78, 5) is 0. The Labute approximate surface area is 134 Å². The summed E-state index contributed by atoms with van der Waals surface area (Å²) >= 11 is 12.1. The van der Waals surface area contributed by atoms with E-state index in [1.165, 1.54) is 0 Å². The van der Waals surface area contributed by atoms with E-state index in [0.717, 1.165) is 17.2 Å². The molecule has 1 unspecified atom stereocenters. The van der Waals surface area contributed by atoms with Crippen LogP contribution < -0.4 is 14.8 Å². The normalized spacial score (nSPS) is 11.8. The van der Waals surface area contributed by atoms with Gasteiger partial charge in [-0.05, 0) is 43.3 Å². The van der Waals surface area contributed by atoms with Crippen molar-refractivity contribution in [2.45, 2.75) is 13.0 Å². The van der Waals surface area contributed by atoms with Crippen LogP contribution in [0.5, 0.6) is 11.5 Å². The fraction of sp³-hybridized carbons (Fsp3) is 0.250. The van der Waals surface area contributed by atoms with Gasteiger partial charge in [-0.1, -0.05) is 29.3 Å². The SMILES string of the molecule is COc1ccc(OC(C)CNc2cccc(Cl)c2Cl)cc1. The fourth-order valence-corrected chi connectivity index (χ4v) is 2.19. The summed E-state index contributed by atoms with van der Waals surface area (Å²) in [6, 6.07) is 13.0. The molecule has 0 aromatic heterocycles. The average Bonchev–Trinajstić information content (AvgIpc) is 2.49. The number of hydrogen-bond acceptors (Lipinski definition) is 3. The molecule has 0 fully saturated rings. The molecule has 112 valence electrons. The lowest BCUT2D eigenvalue weighted by Gasteiger charge is -2.17. The van der Waals surface area contributed by atoms with Crippen molar-refractivity contribution < 1.29 is 9.47 Å². The van der Waals surface area contributed by atoms with Crippen LogP contribution in [0.1, 0.15) is 6.92 Å². The van der Waals surface area contributed by atoms with Gasteiger partial charge in [-0.15, -0.1) is 0 Å². The molecular formula is C16H17Cl2NO2. The van der Waals surface area contributed by atoms with Gasteiger partial charge in [0.1, 0.15) is 17.6 Å². The Morgan fingerprint density at radius 2 is 1.71 bits per heavy atom. The molecule has 0 spiro atoms. The molecule has 2 rings (SSSR count). The average molecular weight is 326 g/mol. The Hall–Kier alpha value is -1.58. The number of methoxy groups -OCH3 is 1. The highest BCUT2D eigenvalue weighted by molar-refractivity contribution is 6.43. The number of halogens is 2. The van der Waals surface area contributed by atoms with Crippen LogP contribution in [-0.4, -0.2) is 19.8 Å². The predicted molar refractivity (Wildman–Crippen MR) is 88.0 cm³/mol. The zero-order valence-corrected chi connectivity index (χ0v) is 13.4. The molecule has 0 saturated carbocycles. The number of nitrogens with one attached hydrogen (secondary N) is 1. The van der Waals surface area contributed by atoms with Gasteiger partial charge in [0.15, 0.2) is 0 Å². The van der Waals surface area contributed by atoms with Crippen molar-refractivity contribution >= 4 is 28.9 Å². The van der Waals surface area contributed by atoms with E-state index < -0.39 is 0 Å². The van der Waals surface area contributed by atoms with Crippen molar-refractivity contribution in [2.24, 2.45) is 0 Å². The number of rotatable bonds is 6. The van der Waals surface area contributed by atoms with E-state index >= 15 is 0 Å². The van der Waals surface area contributed by atoms with Crippen molar-refractivity contribution in [3.8, 4) is 11.5 Å². The molecule has 3 nitrogen and oxygen atoms in total. The number of hydrogen-bond donors (Lipinski definition) is 1. The number of benzene rings is 2. The Morgan fingerprint density at radius 1 is 1.05 bits per heavy atom. The van der Waals surface area contributed by atoms with Crippen molar-refractivity contribution in [3.63, 3.8) is 0 Å². The van der Waals surface area contributed by atoms with Gasteiger partial charge in [0, 0.05) is 0 Å². The Kier molecular flexibility index (Phi) is 5.59. The second kappa shape index (κ2) is 7.43. The summed E-state index contributed by atoms with van der Waals surface area (Å²) in [6.45, 7) is 2.60. The molecule has 0 bridgehead atoms. The maximum atomic E-state index is 6.12. The molecule has 1 N–H and O–H groups in total. The highest BCUT2D eigenvalue weighted by atomic mass is 35.5. The first-order valence-electron chi connectivity index (χ1n) is 6.58. The summed E-state index contributed by atoms with van der Waals surface area (Å²) < 4.78 is 10.9. The van der Waals surface area contributed by atoms with Crippen molar-refractivity contribution in [2.75, 3.05) is 19.0 Å². The standard InChI is InChI=1S/C16H17Cl2NO2/c1-11(21-13-8-6-12(20-2)7-9-13)10-19-15-5-3-4-14(17)16(15)18/h3-9,11,19H,10H2,1-2H3. The second-order valence-corrected chi connectivity index (χ2v) is 5.37. The summed E-state index contributed by atoms with van der Waals surface area (Å²) in [7, 11) is 1.64. The van der Waals surface area contributed by atoms with Crippen molar-refractivity contribution in [1.82, 2.24) is 0 Å².